The molecule has 0 radical (unpaired) electrons. The highest BCUT2D eigenvalue weighted by atomic mass is 32.2. The Kier molecular flexibility index (Phi) is 5.67. The molecular weight excluding hydrogens is 438 g/mol. The Labute approximate surface area is 185 Å². The van der Waals surface area contributed by atoms with E-state index in [1.54, 1.807) is 0 Å². The second-order valence-corrected chi connectivity index (χ2v) is 10.2. The van der Waals surface area contributed by atoms with Crippen LogP contribution in [0.3, 0.4) is 0 Å². The van der Waals surface area contributed by atoms with Gasteiger partial charge in [0.25, 0.3) is 5.91 Å². The van der Waals surface area contributed by atoms with Crippen molar-refractivity contribution in [2.75, 3.05) is 25.0 Å². The molecule has 32 heavy (non-hydrogen) atoms. The van der Waals surface area contributed by atoms with E-state index in [0.717, 1.165) is 22.0 Å². The Balaban J connectivity index is 1.49. The fourth-order valence-corrected chi connectivity index (χ4v) is 5.82. The molecule has 12 heteroatoms. The first-order valence-corrected chi connectivity index (χ1v) is 11.9. The largest absolute Gasteiger partial charge is 0.354 e. The number of amides is 5. The SMILES string of the molecule is CC(C(=O)Nc1cccc(S(=O)(=O)N2CCNC(=O)C2)c1)N1C(=O)NC2(CCCC2)C1=O. The smallest absolute Gasteiger partial charge is 0.325 e. The first-order chi connectivity index (χ1) is 15.1. The van der Waals surface area contributed by atoms with E-state index in [9.17, 15) is 27.6 Å². The number of sulfonamides is 1. The maximum atomic E-state index is 12.9. The van der Waals surface area contributed by atoms with Gasteiger partial charge in [-0.25, -0.2) is 18.1 Å². The Bertz CT molecular complexity index is 1080. The third-order valence-electron chi connectivity index (χ3n) is 6.16. The van der Waals surface area contributed by atoms with E-state index in [2.05, 4.69) is 16.0 Å². The molecule has 1 saturated carbocycles. The summed E-state index contributed by atoms with van der Waals surface area (Å²) in [5, 5.41) is 7.90. The minimum atomic E-state index is -3.93. The van der Waals surface area contributed by atoms with Gasteiger partial charge in [-0.2, -0.15) is 4.31 Å². The van der Waals surface area contributed by atoms with Crippen molar-refractivity contribution >= 4 is 39.5 Å². The lowest BCUT2D eigenvalue weighted by atomic mass is 9.97. The number of carbonyl (C=O) groups excluding carboxylic acids is 4. The summed E-state index contributed by atoms with van der Waals surface area (Å²) in [4.78, 5) is 50.5. The molecule has 5 amide bonds. The van der Waals surface area contributed by atoms with Crippen molar-refractivity contribution in [1.82, 2.24) is 19.8 Å². The molecule has 1 unspecified atom stereocenters. The minimum Gasteiger partial charge on any atom is -0.354 e. The summed E-state index contributed by atoms with van der Waals surface area (Å²) in [6.07, 6.45) is 2.77. The van der Waals surface area contributed by atoms with Crippen LogP contribution in [-0.2, 0) is 24.4 Å². The van der Waals surface area contributed by atoms with Crippen molar-refractivity contribution in [1.29, 1.82) is 0 Å². The third-order valence-corrected chi connectivity index (χ3v) is 8.00. The van der Waals surface area contributed by atoms with E-state index in [1.165, 1.54) is 31.2 Å². The van der Waals surface area contributed by atoms with Crippen molar-refractivity contribution in [3.05, 3.63) is 24.3 Å². The van der Waals surface area contributed by atoms with Crippen LogP contribution in [0.1, 0.15) is 32.6 Å². The predicted octanol–water partition coefficient (Wildman–Crippen LogP) is -0.00130. The molecule has 3 N–H and O–H groups in total. The van der Waals surface area contributed by atoms with Crippen LogP contribution in [0.5, 0.6) is 0 Å². The number of benzene rings is 1. The van der Waals surface area contributed by atoms with Gasteiger partial charge >= 0.3 is 6.03 Å². The second-order valence-electron chi connectivity index (χ2n) is 8.28. The van der Waals surface area contributed by atoms with E-state index in [1.807, 2.05) is 0 Å². The van der Waals surface area contributed by atoms with Crippen molar-refractivity contribution in [2.45, 2.75) is 49.1 Å². The fraction of sp³-hybridized carbons (Fsp3) is 0.500. The van der Waals surface area contributed by atoms with Gasteiger partial charge in [-0.3, -0.25) is 14.4 Å². The zero-order valence-electron chi connectivity index (χ0n) is 17.6. The Morgan fingerprint density at radius 1 is 1.19 bits per heavy atom. The van der Waals surface area contributed by atoms with Gasteiger partial charge in [-0.05, 0) is 38.0 Å². The lowest BCUT2D eigenvalue weighted by Gasteiger charge is -2.26. The van der Waals surface area contributed by atoms with Crippen molar-refractivity contribution in [2.24, 2.45) is 0 Å². The number of hydrogen-bond donors (Lipinski definition) is 3. The molecule has 1 aliphatic carbocycles. The molecule has 2 saturated heterocycles. The maximum Gasteiger partial charge on any atom is 0.325 e. The maximum absolute atomic E-state index is 12.9. The van der Waals surface area contributed by atoms with Gasteiger partial charge < -0.3 is 16.0 Å². The van der Waals surface area contributed by atoms with Crippen LogP contribution >= 0.6 is 0 Å². The van der Waals surface area contributed by atoms with Crippen LogP contribution in [-0.4, -0.2) is 72.6 Å². The second kappa shape index (κ2) is 8.17. The van der Waals surface area contributed by atoms with Crippen LogP contribution < -0.4 is 16.0 Å². The molecule has 0 bridgehead atoms. The average molecular weight is 464 g/mol. The lowest BCUT2D eigenvalue weighted by molar-refractivity contribution is -0.136. The van der Waals surface area contributed by atoms with Crippen molar-refractivity contribution in [3.8, 4) is 0 Å². The number of carbonyl (C=O) groups is 4. The van der Waals surface area contributed by atoms with Gasteiger partial charge in [0.2, 0.25) is 21.8 Å². The lowest BCUT2D eigenvalue weighted by Crippen LogP contribution is -2.49. The number of rotatable bonds is 5. The number of nitrogens with one attached hydrogen (secondary N) is 3. The molecule has 3 fully saturated rings. The molecule has 2 aliphatic heterocycles. The molecule has 1 aromatic rings. The van der Waals surface area contributed by atoms with Gasteiger partial charge in [0, 0.05) is 18.8 Å². The quantitative estimate of drug-likeness (QED) is 0.524. The summed E-state index contributed by atoms with van der Waals surface area (Å²) in [7, 11) is -3.93. The predicted molar refractivity (Wildman–Crippen MR) is 113 cm³/mol. The van der Waals surface area contributed by atoms with Gasteiger partial charge in [-0.15, -0.1) is 0 Å². The highest BCUT2D eigenvalue weighted by molar-refractivity contribution is 7.89. The van der Waals surface area contributed by atoms with Gasteiger partial charge in [0.05, 0.1) is 11.4 Å². The van der Waals surface area contributed by atoms with E-state index in [0.29, 0.717) is 12.8 Å². The van der Waals surface area contributed by atoms with Crippen LogP contribution in [0.2, 0.25) is 0 Å². The summed E-state index contributed by atoms with van der Waals surface area (Å²) in [6, 6.07) is 3.97. The first kappa shape index (κ1) is 22.2. The zero-order valence-corrected chi connectivity index (χ0v) is 18.4. The van der Waals surface area contributed by atoms with Gasteiger partial charge in [-0.1, -0.05) is 18.9 Å². The van der Waals surface area contributed by atoms with E-state index < -0.39 is 39.4 Å². The number of urea groups is 1. The summed E-state index contributed by atoms with van der Waals surface area (Å²) in [6.45, 7) is 1.55. The van der Waals surface area contributed by atoms with Crippen LogP contribution in [0.4, 0.5) is 10.5 Å². The number of anilines is 1. The Morgan fingerprint density at radius 2 is 1.91 bits per heavy atom. The topological polar surface area (TPSA) is 145 Å². The van der Waals surface area contributed by atoms with E-state index in [4.69, 9.17) is 0 Å². The monoisotopic (exact) mass is 463 g/mol. The van der Waals surface area contributed by atoms with Gasteiger partial charge in [0.1, 0.15) is 11.6 Å². The number of piperazine rings is 1. The van der Waals surface area contributed by atoms with E-state index >= 15 is 0 Å². The molecule has 4 rings (SSSR count). The Morgan fingerprint density at radius 3 is 2.59 bits per heavy atom. The summed E-state index contributed by atoms with van der Waals surface area (Å²) >= 11 is 0. The third kappa shape index (κ3) is 3.84. The number of hydrogen-bond acceptors (Lipinski definition) is 6. The van der Waals surface area contributed by atoms with Crippen molar-refractivity contribution in [3.63, 3.8) is 0 Å². The van der Waals surface area contributed by atoms with Crippen LogP contribution in [0.15, 0.2) is 29.2 Å². The molecular formula is C20H25N5O6S. The molecule has 0 aromatic heterocycles. The number of nitrogens with zero attached hydrogens (tertiary/aromatic N) is 2. The highest BCUT2D eigenvalue weighted by Crippen LogP contribution is 2.35. The Hall–Kier alpha value is -2.99. The molecule has 2 heterocycles. The summed E-state index contributed by atoms with van der Waals surface area (Å²) < 4.78 is 26.8. The molecule has 172 valence electrons. The molecule has 3 aliphatic rings. The average Bonchev–Trinajstić information content (AvgIpc) is 3.32. The van der Waals surface area contributed by atoms with Gasteiger partial charge in [0.15, 0.2) is 0 Å². The fourth-order valence-electron chi connectivity index (χ4n) is 4.38. The van der Waals surface area contributed by atoms with Crippen molar-refractivity contribution < 1.29 is 27.6 Å². The first-order valence-electron chi connectivity index (χ1n) is 10.5. The standard InChI is InChI=1S/C20H25N5O6S/c1-13(25-18(28)20(23-19(25)29)7-2-3-8-20)17(27)22-14-5-4-6-15(11-14)32(30,31)24-10-9-21-16(26)12-24/h4-6,11,13H,2-3,7-10,12H2,1H3,(H,21,26)(H,22,27)(H,23,29). The van der Waals surface area contributed by atoms with Crippen LogP contribution in [0.25, 0.3) is 0 Å². The molecule has 1 aromatic carbocycles. The zero-order chi connectivity index (χ0) is 23.1. The summed E-state index contributed by atoms with van der Waals surface area (Å²) in [5.74, 6) is -1.40. The highest BCUT2D eigenvalue weighted by Gasteiger charge is 2.54. The molecule has 1 atom stereocenters. The normalized spacial score (nSPS) is 22.0. The molecule has 11 nitrogen and oxygen atoms in total. The van der Waals surface area contributed by atoms with E-state index in [-0.39, 0.29) is 36.1 Å². The van der Waals surface area contributed by atoms with Crippen LogP contribution in [0, 0.1) is 0 Å². The number of imide groups is 1. The summed E-state index contributed by atoms with van der Waals surface area (Å²) in [5.41, 5.74) is -0.715. The minimum absolute atomic E-state index is 0.0717. The molecule has 1 spiro atoms.